The molecule has 5 heteroatoms. The van der Waals surface area contributed by atoms with E-state index in [-0.39, 0.29) is 5.82 Å². The lowest BCUT2D eigenvalue weighted by atomic mass is 10.2. The molecule has 0 saturated heterocycles. The Morgan fingerprint density at radius 3 is 2.74 bits per heavy atom. The van der Waals surface area contributed by atoms with Crippen molar-refractivity contribution in [2.24, 2.45) is 0 Å². The molecular formula is C14H12BrClFNO. The fourth-order valence-electron chi connectivity index (χ4n) is 1.65. The molecule has 2 nitrogen and oxygen atoms in total. The van der Waals surface area contributed by atoms with E-state index in [1.807, 2.05) is 6.07 Å². The van der Waals surface area contributed by atoms with Crippen molar-refractivity contribution in [2.45, 2.75) is 6.54 Å². The summed E-state index contributed by atoms with van der Waals surface area (Å²) in [6.45, 7) is 0.383. The summed E-state index contributed by atoms with van der Waals surface area (Å²) >= 11 is 9.34. The Balaban J connectivity index is 2.10. The van der Waals surface area contributed by atoms with E-state index in [0.29, 0.717) is 22.9 Å². The van der Waals surface area contributed by atoms with Crippen molar-refractivity contribution in [1.82, 2.24) is 0 Å². The maximum absolute atomic E-state index is 13.6. The second-order valence-corrected chi connectivity index (χ2v) is 5.26. The van der Waals surface area contributed by atoms with Gasteiger partial charge in [0.15, 0.2) is 0 Å². The molecule has 0 unspecified atom stereocenters. The van der Waals surface area contributed by atoms with E-state index in [4.69, 9.17) is 16.3 Å². The van der Waals surface area contributed by atoms with Crippen LogP contribution in [0.2, 0.25) is 5.02 Å². The number of hydrogen-bond donors (Lipinski definition) is 1. The van der Waals surface area contributed by atoms with Crippen LogP contribution >= 0.6 is 27.5 Å². The molecule has 2 aromatic carbocycles. The fourth-order valence-corrected chi connectivity index (χ4v) is 2.32. The first-order valence-electron chi connectivity index (χ1n) is 5.61. The van der Waals surface area contributed by atoms with Gasteiger partial charge in [-0.3, -0.25) is 0 Å². The van der Waals surface area contributed by atoms with Crippen LogP contribution in [0.5, 0.6) is 5.75 Å². The third kappa shape index (κ3) is 3.61. The largest absolute Gasteiger partial charge is 0.495 e. The number of benzene rings is 2. The van der Waals surface area contributed by atoms with Gasteiger partial charge in [-0.2, -0.15) is 0 Å². The highest BCUT2D eigenvalue weighted by Crippen LogP contribution is 2.27. The first-order chi connectivity index (χ1) is 9.10. The molecule has 0 spiro atoms. The standard InChI is InChI=1S/C14H12BrClFNO/c1-19-14-5-3-11(7-12(14)16)18-8-9-6-10(15)2-4-13(9)17/h2-7,18H,8H2,1H3. The average molecular weight is 345 g/mol. The van der Waals surface area contributed by atoms with Gasteiger partial charge in [0.25, 0.3) is 0 Å². The normalized spacial score (nSPS) is 10.3. The summed E-state index contributed by atoms with van der Waals surface area (Å²) in [5, 5.41) is 3.64. The highest BCUT2D eigenvalue weighted by atomic mass is 79.9. The smallest absolute Gasteiger partial charge is 0.137 e. The van der Waals surface area contributed by atoms with Gasteiger partial charge in [-0.15, -0.1) is 0 Å². The van der Waals surface area contributed by atoms with Crippen LogP contribution in [0.15, 0.2) is 40.9 Å². The Hall–Kier alpha value is -1.26. The van der Waals surface area contributed by atoms with Crippen LogP contribution in [0.4, 0.5) is 10.1 Å². The minimum Gasteiger partial charge on any atom is -0.495 e. The Kier molecular flexibility index (Phi) is 4.66. The highest BCUT2D eigenvalue weighted by Gasteiger charge is 2.05. The van der Waals surface area contributed by atoms with Gasteiger partial charge in [0.2, 0.25) is 0 Å². The molecular weight excluding hydrogens is 333 g/mol. The molecule has 0 amide bonds. The maximum atomic E-state index is 13.6. The molecule has 19 heavy (non-hydrogen) atoms. The van der Waals surface area contributed by atoms with Gasteiger partial charge < -0.3 is 10.1 Å². The first kappa shape index (κ1) is 14.2. The van der Waals surface area contributed by atoms with Crippen molar-refractivity contribution in [1.29, 1.82) is 0 Å². The molecule has 0 aliphatic carbocycles. The summed E-state index contributed by atoms with van der Waals surface area (Å²) in [5.41, 5.74) is 1.39. The van der Waals surface area contributed by atoms with E-state index in [0.717, 1.165) is 10.2 Å². The van der Waals surface area contributed by atoms with Crippen molar-refractivity contribution < 1.29 is 9.13 Å². The third-order valence-corrected chi connectivity index (χ3v) is 3.43. The van der Waals surface area contributed by atoms with Gasteiger partial charge in [0, 0.05) is 22.3 Å². The lowest BCUT2D eigenvalue weighted by Gasteiger charge is -2.10. The van der Waals surface area contributed by atoms with Crippen molar-refractivity contribution in [3.05, 3.63) is 57.3 Å². The molecule has 0 saturated carbocycles. The van der Waals surface area contributed by atoms with Crippen molar-refractivity contribution >= 4 is 33.2 Å². The van der Waals surface area contributed by atoms with Crippen molar-refractivity contribution in [3.8, 4) is 5.75 Å². The predicted molar refractivity (Wildman–Crippen MR) is 79.4 cm³/mol. The molecule has 0 atom stereocenters. The summed E-state index contributed by atoms with van der Waals surface area (Å²) in [6, 6.07) is 10.2. The molecule has 0 aliphatic heterocycles. The zero-order valence-electron chi connectivity index (χ0n) is 10.2. The van der Waals surface area contributed by atoms with Crippen LogP contribution in [0.3, 0.4) is 0 Å². The summed E-state index contributed by atoms with van der Waals surface area (Å²) in [5.74, 6) is 0.371. The molecule has 1 N–H and O–H groups in total. The predicted octanol–water partition coefficient (Wildman–Crippen LogP) is 4.86. The molecule has 0 aromatic heterocycles. The number of methoxy groups -OCH3 is 1. The second-order valence-electron chi connectivity index (χ2n) is 3.94. The molecule has 2 rings (SSSR count). The Labute approximate surface area is 124 Å². The summed E-state index contributed by atoms with van der Waals surface area (Å²) < 4.78 is 19.5. The lowest BCUT2D eigenvalue weighted by molar-refractivity contribution is 0.415. The van der Waals surface area contributed by atoms with Crippen LogP contribution in [0, 0.1) is 5.82 Å². The molecule has 0 aliphatic rings. The Morgan fingerprint density at radius 1 is 1.26 bits per heavy atom. The van der Waals surface area contributed by atoms with E-state index in [1.165, 1.54) is 6.07 Å². The average Bonchev–Trinajstić information content (AvgIpc) is 2.40. The van der Waals surface area contributed by atoms with Gasteiger partial charge in [0.05, 0.1) is 12.1 Å². The fraction of sp³-hybridized carbons (Fsp3) is 0.143. The SMILES string of the molecule is COc1ccc(NCc2cc(Br)ccc2F)cc1Cl. The van der Waals surface area contributed by atoms with Crippen molar-refractivity contribution in [2.75, 3.05) is 12.4 Å². The minimum atomic E-state index is -0.240. The van der Waals surface area contributed by atoms with Gasteiger partial charge in [-0.05, 0) is 36.4 Å². The number of rotatable bonds is 4. The van der Waals surface area contributed by atoms with E-state index in [9.17, 15) is 4.39 Å². The van der Waals surface area contributed by atoms with Crippen LogP contribution in [-0.2, 0) is 6.54 Å². The van der Waals surface area contributed by atoms with Crippen LogP contribution < -0.4 is 10.1 Å². The quantitative estimate of drug-likeness (QED) is 0.855. The van der Waals surface area contributed by atoms with E-state index in [1.54, 1.807) is 31.4 Å². The molecule has 2 aromatic rings. The second kappa shape index (κ2) is 6.26. The molecule has 0 fully saturated rings. The number of ether oxygens (including phenoxy) is 1. The van der Waals surface area contributed by atoms with Gasteiger partial charge >= 0.3 is 0 Å². The third-order valence-electron chi connectivity index (χ3n) is 2.64. The van der Waals surface area contributed by atoms with Gasteiger partial charge in [-0.1, -0.05) is 27.5 Å². The number of nitrogens with one attached hydrogen (secondary N) is 1. The minimum absolute atomic E-state index is 0.240. The number of halogens is 3. The molecule has 0 radical (unpaired) electrons. The van der Waals surface area contributed by atoms with Crippen LogP contribution in [0.1, 0.15) is 5.56 Å². The van der Waals surface area contributed by atoms with Gasteiger partial charge in [0.1, 0.15) is 11.6 Å². The summed E-state index contributed by atoms with van der Waals surface area (Å²) in [7, 11) is 1.56. The maximum Gasteiger partial charge on any atom is 0.137 e. The van der Waals surface area contributed by atoms with Crippen molar-refractivity contribution in [3.63, 3.8) is 0 Å². The molecule has 0 bridgehead atoms. The summed E-state index contributed by atoms with van der Waals surface area (Å²) in [4.78, 5) is 0. The number of hydrogen-bond acceptors (Lipinski definition) is 2. The highest BCUT2D eigenvalue weighted by molar-refractivity contribution is 9.10. The van der Waals surface area contributed by atoms with Crippen LogP contribution in [0.25, 0.3) is 0 Å². The monoisotopic (exact) mass is 343 g/mol. The number of anilines is 1. The zero-order valence-corrected chi connectivity index (χ0v) is 12.6. The Bertz CT molecular complexity index is 592. The lowest BCUT2D eigenvalue weighted by Crippen LogP contribution is -2.02. The summed E-state index contributed by atoms with van der Waals surface area (Å²) in [6.07, 6.45) is 0. The zero-order chi connectivity index (χ0) is 13.8. The first-order valence-corrected chi connectivity index (χ1v) is 6.78. The topological polar surface area (TPSA) is 21.3 Å². The van der Waals surface area contributed by atoms with Crippen LogP contribution in [-0.4, -0.2) is 7.11 Å². The Morgan fingerprint density at radius 2 is 2.05 bits per heavy atom. The van der Waals surface area contributed by atoms with E-state index < -0.39 is 0 Å². The molecule has 0 heterocycles. The van der Waals surface area contributed by atoms with E-state index in [2.05, 4.69) is 21.2 Å². The molecule has 100 valence electrons. The van der Waals surface area contributed by atoms with Gasteiger partial charge in [-0.25, -0.2) is 4.39 Å². The van der Waals surface area contributed by atoms with E-state index >= 15 is 0 Å².